The molecule has 2 heterocycles. The van der Waals surface area contributed by atoms with Crippen LogP contribution in [0.2, 0.25) is 0 Å². The number of hydroxylamine groups is 1. The van der Waals surface area contributed by atoms with Crippen LogP contribution in [0.1, 0.15) is 11.7 Å². The van der Waals surface area contributed by atoms with Crippen molar-refractivity contribution in [2.24, 2.45) is 0 Å². The van der Waals surface area contributed by atoms with Crippen LogP contribution in [0.25, 0.3) is 0 Å². The second-order valence-electron chi connectivity index (χ2n) is 2.50. The Morgan fingerprint density at radius 1 is 1.38 bits per heavy atom. The van der Waals surface area contributed by atoms with Crippen molar-refractivity contribution in [1.82, 2.24) is 15.4 Å². The fourth-order valence-corrected chi connectivity index (χ4v) is 1.04. The Morgan fingerprint density at radius 3 is 2.85 bits per heavy atom. The van der Waals surface area contributed by atoms with E-state index in [2.05, 4.69) is 20.3 Å². The second-order valence-corrected chi connectivity index (χ2v) is 2.50. The minimum atomic E-state index is -0.449. The molecule has 1 aromatic heterocycles. The van der Waals surface area contributed by atoms with E-state index in [9.17, 15) is 4.79 Å². The van der Waals surface area contributed by atoms with Crippen molar-refractivity contribution in [3.8, 4) is 0 Å². The van der Waals surface area contributed by atoms with Gasteiger partial charge in [-0.2, -0.15) is 5.48 Å². The summed E-state index contributed by atoms with van der Waals surface area (Å²) in [5, 5.41) is 0. The van der Waals surface area contributed by atoms with Gasteiger partial charge in [-0.05, 0) is 12.1 Å². The summed E-state index contributed by atoms with van der Waals surface area (Å²) in [6.45, 7) is 0. The largest absolute Gasteiger partial charge is 0.388 e. The van der Waals surface area contributed by atoms with E-state index < -0.39 is 5.92 Å². The molecule has 1 aromatic rings. The Hall–Kier alpha value is -1.91. The van der Waals surface area contributed by atoms with Gasteiger partial charge in [0.15, 0.2) is 0 Å². The average Bonchev–Trinajstić information content (AvgIpc) is 2.20. The zero-order valence-electron chi connectivity index (χ0n) is 6.68. The summed E-state index contributed by atoms with van der Waals surface area (Å²) in [7, 11) is 0. The molecule has 66 valence electrons. The van der Waals surface area contributed by atoms with Crippen molar-refractivity contribution < 1.29 is 9.63 Å². The van der Waals surface area contributed by atoms with Gasteiger partial charge in [0.05, 0.1) is 0 Å². The lowest BCUT2D eigenvalue weighted by atomic mass is 10.1. The number of rotatable bonds is 1. The van der Waals surface area contributed by atoms with E-state index >= 15 is 0 Å². The van der Waals surface area contributed by atoms with E-state index in [-0.39, 0.29) is 5.91 Å². The van der Waals surface area contributed by atoms with Gasteiger partial charge in [0.2, 0.25) is 0 Å². The van der Waals surface area contributed by atoms with E-state index in [4.69, 9.17) is 0 Å². The van der Waals surface area contributed by atoms with Gasteiger partial charge in [-0.3, -0.25) is 4.79 Å². The van der Waals surface area contributed by atoms with Gasteiger partial charge in [-0.25, -0.2) is 9.97 Å². The standard InChI is InChI=1S/C8H7N3O2/c12-8-6(2-5-13-11-8)7-9-3-1-4-10-7/h1-6H,(H,11,12). The minimum Gasteiger partial charge on any atom is -0.388 e. The number of hydrogen-bond acceptors (Lipinski definition) is 4. The van der Waals surface area contributed by atoms with Gasteiger partial charge in [0, 0.05) is 12.4 Å². The topological polar surface area (TPSA) is 64.1 Å². The molecule has 1 N–H and O–H groups in total. The summed E-state index contributed by atoms with van der Waals surface area (Å²) in [5.74, 6) is -0.233. The summed E-state index contributed by atoms with van der Waals surface area (Å²) < 4.78 is 0. The predicted molar refractivity (Wildman–Crippen MR) is 43.1 cm³/mol. The first-order valence-corrected chi connectivity index (χ1v) is 3.77. The summed E-state index contributed by atoms with van der Waals surface area (Å²) in [6, 6.07) is 1.70. The summed E-state index contributed by atoms with van der Waals surface area (Å²) in [6.07, 6.45) is 6.20. The van der Waals surface area contributed by atoms with Crippen molar-refractivity contribution in [2.75, 3.05) is 0 Å². The SMILES string of the molecule is O=C1NOC=CC1c1ncccn1. The van der Waals surface area contributed by atoms with Gasteiger partial charge in [0.1, 0.15) is 18.0 Å². The van der Waals surface area contributed by atoms with E-state index in [0.717, 1.165) is 0 Å². The van der Waals surface area contributed by atoms with Gasteiger partial charge in [-0.1, -0.05) is 0 Å². The van der Waals surface area contributed by atoms with Crippen LogP contribution in [0, 0.1) is 0 Å². The number of nitrogens with zero attached hydrogens (tertiary/aromatic N) is 2. The van der Waals surface area contributed by atoms with Crippen LogP contribution in [-0.4, -0.2) is 15.9 Å². The number of hydrogen-bond donors (Lipinski definition) is 1. The number of amides is 1. The highest BCUT2D eigenvalue weighted by molar-refractivity contribution is 5.84. The molecule has 0 saturated heterocycles. The molecule has 0 radical (unpaired) electrons. The lowest BCUT2D eigenvalue weighted by Gasteiger charge is -2.14. The second kappa shape index (κ2) is 3.22. The number of aromatic nitrogens is 2. The molecule has 0 aliphatic carbocycles. The van der Waals surface area contributed by atoms with Crippen molar-refractivity contribution in [3.63, 3.8) is 0 Å². The monoisotopic (exact) mass is 177 g/mol. The molecule has 13 heavy (non-hydrogen) atoms. The Kier molecular flexibility index (Phi) is 1.91. The lowest BCUT2D eigenvalue weighted by molar-refractivity contribution is -0.131. The van der Waals surface area contributed by atoms with E-state index in [0.29, 0.717) is 5.82 Å². The molecule has 0 aromatic carbocycles. The van der Waals surface area contributed by atoms with Gasteiger partial charge in [0.25, 0.3) is 5.91 Å². The number of carbonyl (C=O) groups is 1. The maximum atomic E-state index is 11.2. The van der Waals surface area contributed by atoms with Crippen LogP contribution >= 0.6 is 0 Å². The third-order valence-electron chi connectivity index (χ3n) is 1.64. The molecule has 0 bridgehead atoms. The summed E-state index contributed by atoms with van der Waals surface area (Å²) in [4.78, 5) is 23.8. The van der Waals surface area contributed by atoms with E-state index in [1.165, 1.54) is 6.26 Å². The molecule has 0 saturated carbocycles. The quantitative estimate of drug-likeness (QED) is 0.662. The third-order valence-corrected chi connectivity index (χ3v) is 1.64. The van der Waals surface area contributed by atoms with E-state index in [1.54, 1.807) is 24.5 Å². The van der Waals surface area contributed by atoms with Gasteiger partial charge < -0.3 is 4.84 Å². The molecule has 2 rings (SSSR count). The fourth-order valence-electron chi connectivity index (χ4n) is 1.04. The Labute approximate surface area is 74.4 Å². The molecule has 1 atom stereocenters. The molecule has 5 nitrogen and oxygen atoms in total. The highest BCUT2D eigenvalue weighted by Gasteiger charge is 2.23. The van der Waals surface area contributed by atoms with Crippen LogP contribution in [0.3, 0.4) is 0 Å². The number of carbonyl (C=O) groups excluding carboxylic acids is 1. The van der Waals surface area contributed by atoms with Crippen molar-refractivity contribution >= 4 is 5.91 Å². The fraction of sp³-hybridized carbons (Fsp3) is 0.125. The Morgan fingerprint density at radius 2 is 2.15 bits per heavy atom. The highest BCUT2D eigenvalue weighted by atomic mass is 16.6. The molecule has 1 unspecified atom stereocenters. The Balaban J connectivity index is 2.30. The molecule has 0 fully saturated rings. The first-order chi connectivity index (χ1) is 6.38. The molecular weight excluding hydrogens is 170 g/mol. The Bertz CT molecular complexity index is 337. The smallest absolute Gasteiger partial charge is 0.267 e. The highest BCUT2D eigenvalue weighted by Crippen LogP contribution is 2.14. The predicted octanol–water partition coefficient (Wildman–Crippen LogP) is 0.135. The first-order valence-electron chi connectivity index (χ1n) is 3.77. The minimum absolute atomic E-state index is 0.256. The van der Waals surface area contributed by atoms with Crippen LogP contribution < -0.4 is 5.48 Å². The maximum absolute atomic E-state index is 11.2. The molecular formula is C8H7N3O2. The average molecular weight is 177 g/mol. The van der Waals surface area contributed by atoms with Gasteiger partial charge in [-0.15, -0.1) is 0 Å². The first kappa shape index (κ1) is 7.72. The molecule has 1 aliphatic heterocycles. The third kappa shape index (κ3) is 1.48. The summed E-state index contributed by atoms with van der Waals surface area (Å²) >= 11 is 0. The molecule has 1 amide bonds. The maximum Gasteiger partial charge on any atom is 0.267 e. The summed E-state index contributed by atoms with van der Waals surface area (Å²) in [5.41, 5.74) is 2.22. The van der Waals surface area contributed by atoms with Crippen LogP contribution in [0.4, 0.5) is 0 Å². The zero-order valence-corrected chi connectivity index (χ0v) is 6.68. The van der Waals surface area contributed by atoms with E-state index in [1.807, 2.05) is 0 Å². The number of nitrogens with one attached hydrogen (secondary N) is 1. The van der Waals surface area contributed by atoms with Crippen molar-refractivity contribution in [1.29, 1.82) is 0 Å². The van der Waals surface area contributed by atoms with Crippen LogP contribution in [0.15, 0.2) is 30.8 Å². The molecule has 1 aliphatic rings. The molecule has 0 spiro atoms. The van der Waals surface area contributed by atoms with Crippen LogP contribution in [0.5, 0.6) is 0 Å². The van der Waals surface area contributed by atoms with Crippen molar-refractivity contribution in [3.05, 3.63) is 36.6 Å². The van der Waals surface area contributed by atoms with Gasteiger partial charge >= 0.3 is 0 Å². The molecule has 5 heteroatoms. The lowest BCUT2D eigenvalue weighted by Crippen LogP contribution is -2.31. The normalized spacial score (nSPS) is 20.6. The zero-order chi connectivity index (χ0) is 9.10. The van der Waals surface area contributed by atoms with Crippen LogP contribution in [-0.2, 0) is 9.63 Å². The van der Waals surface area contributed by atoms with Crippen molar-refractivity contribution in [2.45, 2.75) is 5.92 Å².